The van der Waals surface area contributed by atoms with Crippen LogP contribution in [0.15, 0.2) is 40.8 Å². The molecule has 1 N–H and O–H groups in total. The number of furan rings is 1. The Hall–Kier alpha value is -1.80. The van der Waals surface area contributed by atoms with Crippen LogP contribution in [-0.4, -0.2) is 6.54 Å². The Labute approximate surface area is 126 Å². The molecule has 3 aromatic rings. The van der Waals surface area contributed by atoms with Gasteiger partial charge in [-0.2, -0.15) is 0 Å². The Morgan fingerprint density at radius 2 is 1.86 bits per heavy atom. The fourth-order valence-electron chi connectivity index (χ4n) is 2.94. The Balaban J connectivity index is 2.21. The molecular weight excluding hydrogens is 258 g/mol. The summed E-state index contributed by atoms with van der Waals surface area (Å²) in [5, 5.41) is 7.12. The van der Waals surface area contributed by atoms with Crippen molar-refractivity contribution in [2.75, 3.05) is 6.54 Å². The van der Waals surface area contributed by atoms with Crippen molar-refractivity contribution in [1.29, 1.82) is 0 Å². The Morgan fingerprint density at radius 1 is 1.05 bits per heavy atom. The van der Waals surface area contributed by atoms with Gasteiger partial charge >= 0.3 is 0 Å². The first-order valence-electron chi connectivity index (χ1n) is 7.83. The van der Waals surface area contributed by atoms with Gasteiger partial charge in [-0.1, -0.05) is 57.2 Å². The van der Waals surface area contributed by atoms with Gasteiger partial charge in [0.25, 0.3) is 0 Å². The van der Waals surface area contributed by atoms with Crippen LogP contribution in [0.3, 0.4) is 0 Å². The van der Waals surface area contributed by atoms with E-state index in [4.69, 9.17) is 4.42 Å². The van der Waals surface area contributed by atoms with Crippen molar-refractivity contribution in [2.24, 2.45) is 5.92 Å². The van der Waals surface area contributed by atoms with E-state index in [2.05, 4.69) is 62.5 Å². The molecule has 0 spiro atoms. The molecule has 0 aliphatic carbocycles. The van der Waals surface area contributed by atoms with Crippen LogP contribution >= 0.6 is 0 Å². The monoisotopic (exact) mass is 281 g/mol. The third-order valence-corrected chi connectivity index (χ3v) is 3.91. The summed E-state index contributed by atoms with van der Waals surface area (Å²) < 4.78 is 6.25. The summed E-state index contributed by atoms with van der Waals surface area (Å²) in [6, 6.07) is 12.9. The quantitative estimate of drug-likeness (QED) is 0.720. The summed E-state index contributed by atoms with van der Waals surface area (Å²) in [7, 11) is 0. The third kappa shape index (κ3) is 2.68. The van der Waals surface area contributed by atoms with Gasteiger partial charge in [-0.15, -0.1) is 0 Å². The first kappa shape index (κ1) is 14.2. The lowest BCUT2D eigenvalue weighted by molar-refractivity contribution is 0.508. The van der Waals surface area contributed by atoms with Crippen molar-refractivity contribution in [1.82, 2.24) is 5.32 Å². The standard InChI is InChI=1S/C19H23NO/c1-4-20-12-18-17(11-13(2)3)16-10-9-14-7-5-6-8-15(14)19(16)21-18/h5-10,13,20H,4,11-12H2,1-3H3. The van der Waals surface area contributed by atoms with Crippen LogP contribution in [-0.2, 0) is 13.0 Å². The van der Waals surface area contributed by atoms with E-state index in [1.165, 1.54) is 21.7 Å². The van der Waals surface area contributed by atoms with Gasteiger partial charge < -0.3 is 9.73 Å². The minimum atomic E-state index is 0.623. The molecule has 21 heavy (non-hydrogen) atoms. The Bertz CT molecular complexity index is 755. The molecule has 1 heterocycles. The number of fused-ring (bicyclic) bond motifs is 3. The van der Waals surface area contributed by atoms with E-state index in [9.17, 15) is 0 Å². The molecule has 0 unspecified atom stereocenters. The van der Waals surface area contributed by atoms with Gasteiger partial charge in [0.1, 0.15) is 11.3 Å². The summed E-state index contributed by atoms with van der Waals surface area (Å²) in [6.45, 7) is 8.41. The van der Waals surface area contributed by atoms with E-state index < -0.39 is 0 Å². The van der Waals surface area contributed by atoms with Crippen LogP contribution in [0.1, 0.15) is 32.1 Å². The summed E-state index contributed by atoms with van der Waals surface area (Å²) in [4.78, 5) is 0. The molecule has 0 bridgehead atoms. The highest BCUT2D eigenvalue weighted by atomic mass is 16.3. The first-order chi connectivity index (χ1) is 10.2. The van der Waals surface area contributed by atoms with E-state index in [0.29, 0.717) is 5.92 Å². The first-order valence-corrected chi connectivity index (χ1v) is 7.83. The lowest BCUT2D eigenvalue weighted by atomic mass is 9.98. The molecule has 0 fully saturated rings. The van der Waals surface area contributed by atoms with Gasteiger partial charge in [0.05, 0.1) is 6.54 Å². The molecule has 3 rings (SSSR count). The molecule has 110 valence electrons. The average molecular weight is 281 g/mol. The molecule has 0 radical (unpaired) electrons. The van der Waals surface area contributed by atoms with Crippen LogP contribution in [0.2, 0.25) is 0 Å². The summed E-state index contributed by atoms with van der Waals surface area (Å²) in [6.07, 6.45) is 1.06. The van der Waals surface area contributed by atoms with Crippen molar-refractivity contribution >= 4 is 21.7 Å². The molecule has 0 atom stereocenters. The van der Waals surface area contributed by atoms with Crippen LogP contribution < -0.4 is 5.32 Å². The summed E-state index contributed by atoms with van der Waals surface area (Å²) >= 11 is 0. The molecule has 0 aliphatic rings. The van der Waals surface area contributed by atoms with Crippen molar-refractivity contribution in [3.05, 3.63) is 47.7 Å². The molecular formula is C19H23NO. The second-order valence-electron chi connectivity index (χ2n) is 6.05. The highest BCUT2D eigenvalue weighted by molar-refractivity contribution is 6.05. The van der Waals surface area contributed by atoms with E-state index in [1.807, 2.05) is 0 Å². The van der Waals surface area contributed by atoms with E-state index in [0.717, 1.165) is 30.9 Å². The molecule has 0 amide bonds. The zero-order valence-electron chi connectivity index (χ0n) is 13.1. The number of nitrogens with one attached hydrogen (secondary N) is 1. The van der Waals surface area contributed by atoms with Gasteiger partial charge in [-0.05, 0) is 24.3 Å². The third-order valence-electron chi connectivity index (χ3n) is 3.91. The maximum absolute atomic E-state index is 6.25. The number of hydrogen-bond donors (Lipinski definition) is 1. The maximum atomic E-state index is 6.25. The predicted molar refractivity (Wildman–Crippen MR) is 89.6 cm³/mol. The zero-order valence-corrected chi connectivity index (χ0v) is 13.1. The highest BCUT2D eigenvalue weighted by Crippen LogP contribution is 2.33. The van der Waals surface area contributed by atoms with Crippen LogP contribution in [0, 0.1) is 5.92 Å². The Kier molecular flexibility index (Phi) is 3.98. The van der Waals surface area contributed by atoms with Crippen molar-refractivity contribution in [3.8, 4) is 0 Å². The lowest BCUT2D eigenvalue weighted by Crippen LogP contribution is -2.12. The minimum absolute atomic E-state index is 0.623. The molecule has 0 aliphatic heterocycles. The molecule has 2 aromatic carbocycles. The van der Waals surface area contributed by atoms with Crippen LogP contribution in [0.4, 0.5) is 0 Å². The molecule has 2 nitrogen and oxygen atoms in total. The van der Waals surface area contributed by atoms with Crippen molar-refractivity contribution in [3.63, 3.8) is 0 Å². The summed E-state index contributed by atoms with van der Waals surface area (Å²) in [5.74, 6) is 1.72. The SMILES string of the molecule is CCNCc1oc2c(ccc3ccccc32)c1CC(C)C. The topological polar surface area (TPSA) is 25.2 Å². The Morgan fingerprint density at radius 3 is 2.62 bits per heavy atom. The smallest absolute Gasteiger partial charge is 0.142 e. The predicted octanol–water partition coefficient (Wildman–Crippen LogP) is 4.89. The van der Waals surface area contributed by atoms with Gasteiger partial charge in [-0.25, -0.2) is 0 Å². The van der Waals surface area contributed by atoms with Gasteiger partial charge in [0.2, 0.25) is 0 Å². The number of hydrogen-bond acceptors (Lipinski definition) is 2. The average Bonchev–Trinajstić information content (AvgIpc) is 2.83. The lowest BCUT2D eigenvalue weighted by Gasteiger charge is -2.06. The van der Waals surface area contributed by atoms with Crippen molar-refractivity contribution < 1.29 is 4.42 Å². The van der Waals surface area contributed by atoms with E-state index >= 15 is 0 Å². The largest absolute Gasteiger partial charge is 0.459 e. The number of rotatable bonds is 5. The van der Waals surface area contributed by atoms with Gasteiger partial charge in [0, 0.05) is 16.3 Å². The molecule has 0 saturated heterocycles. The molecule has 2 heteroatoms. The highest BCUT2D eigenvalue weighted by Gasteiger charge is 2.16. The second-order valence-corrected chi connectivity index (χ2v) is 6.05. The van der Waals surface area contributed by atoms with Gasteiger partial charge in [-0.3, -0.25) is 0 Å². The second kappa shape index (κ2) is 5.90. The van der Waals surface area contributed by atoms with Crippen molar-refractivity contribution in [2.45, 2.75) is 33.7 Å². The van der Waals surface area contributed by atoms with E-state index in [1.54, 1.807) is 0 Å². The molecule has 1 aromatic heterocycles. The minimum Gasteiger partial charge on any atom is -0.459 e. The van der Waals surface area contributed by atoms with E-state index in [-0.39, 0.29) is 0 Å². The van der Waals surface area contributed by atoms with Crippen LogP contribution in [0.25, 0.3) is 21.7 Å². The normalized spacial score (nSPS) is 11.8. The van der Waals surface area contributed by atoms with Gasteiger partial charge in [0.15, 0.2) is 0 Å². The maximum Gasteiger partial charge on any atom is 0.142 e. The summed E-state index contributed by atoms with van der Waals surface area (Å²) in [5.41, 5.74) is 2.41. The molecule has 0 saturated carbocycles. The van der Waals surface area contributed by atoms with Crippen LogP contribution in [0.5, 0.6) is 0 Å². The number of benzene rings is 2. The zero-order chi connectivity index (χ0) is 14.8. The fourth-order valence-corrected chi connectivity index (χ4v) is 2.94. The fraction of sp³-hybridized carbons (Fsp3) is 0.368.